The first kappa shape index (κ1) is 15.0. The third-order valence-corrected chi connectivity index (χ3v) is 6.17. The van der Waals surface area contributed by atoms with Crippen LogP contribution in [0.25, 0.3) is 0 Å². The van der Waals surface area contributed by atoms with Crippen LogP contribution in [-0.2, 0) is 5.60 Å². The molecule has 3 heteroatoms. The summed E-state index contributed by atoms with van der Waals surface area (Å²) in [4.78, 5) is 2.34. The fourth-order valence-electron chi connectivity index (χ4n) is 3.43. The van der Waals surface area contributed by atoms with E-state index in [4.69, 9.17) is 5.73 Å². The molecular formula is C16H27NOS. The van der Waals surface area contributed by atoms with Gasteiger partial charge in [-0.3, -0.25) is 0 Å². The molecule has 3 N–H and O–H groups in total. The zero-order valence-corrected chi connectivity index (χ0v) is 13.1. The molecule has 0 aromatic carbocycles. The van der Waals surface area contributed by atoms with Crippen LogP contribution in [0.2, 0.25) is 0 Å². The zero-order chi connectivity index (χ0) is 13.9. The molecule has 1 aliphatic rings. The summed E-state index contributed by atoms with van der Waals surface area (Å²) in [5.41, 5.74) is 5.19. The van der Waals surface area contributed by atoms with Crippen molar-refractivity contribution in [3.63, 3.8) is 0 Å². The standard InChI is InChI=1S/C16H27NOS/c1-13-8-9-14(19-13)15(2,18)16(12-17)10-6-4-3-5-7-11-16/h8-9,18H,3-7,10-12,17H2,1-2H3. The molecule has 0 saturated heterocycles. The van der Waals surface area contributed by atoms with Crippen molar-refractivity contribution in [1.29, 1.82) is 0 Å². The monoisotopic (exact) mass is 281 g/mol. The van der Waals surface area contributed by atoms with E-state index in [-0.39, 0.29) is 5.41 Å². The SMILES string of the molecule is Cc1ccc(C(C)(O)C2(CN)CCCCCCC2)s1. The molecule has 108 valence electrons. The van der Waals surface area contributed by atoms with E-state index < -0.39 is 5.60 Å². The number of hydrogen-bond donors (Lipinski definition) is 2. The van der Waals surface area contributed by atoms with Crippen molar-refractivity contribution in [1.82, 2.24) is 0 Å². The highest BCUT2D eigenvalue weighted by atomic mass is 32.1. The number of nitrogens with two attached hydrogens (primary N) is 1. The van der Waals surface area contributed by atoms with E-state index in [0.717, 1.165) is 17.7 Å². The molecule has 19 heavy (non-hydrogen) atoms. The average Bonchev–Trinajstić information content (AvgIpc) is 2.76. The average molecular weight is 281 g/mol. The quantitative estimate of drug-likeness (QED) is 0.881. The topological polar surface area (TPSA) is 46.2 Å². The molecule has 1 aromatic heterocycles. The van der Waals surface area contributed by atoms with Gasteiger partial charge in [0.05, 0.1) is 0 Å². The van der Waals surface area contributed by atoms with Crippen molar-refractivity contribution in [3.8, 4) is 0 Å². The highest BCUT2D eigenvalue weighted by molar-refractivity contribution is 7.12. The van der Waals surface area contributed by atoms with Crippen molar-refractivity contribution in [2.75, 3.05) is 6.54 Å². The Morgan fingerprint density at radius 1 is 1.21 bits per heavy atom. The molecule has 1 saturated carbocycles. The first-order chi connectivity index (χ1) is 9.02. The Morgan fingerprint density at radius 3 is 2.26 bits per heavy atom. The molecule has 0 aliphatic heterocycles. The van der Waals surface area contributed by atoms with Crippen LogP contribution in [0.4, 0.5) is 0 Å². The van der Waals surface area contributed by atoms with Gasteiger partial charge in [-0.2, -0.15) is 0 Å². The molecule has 1 fully saturated rings. The highest BCUT2D eigenvalue weighted by Gasteiger charge is 2.47. The van der Waals surface area contributed by atoms with Crippen LogP contribution < -0.4 is 5.73 Å². The Kier molecular flexibility index (Phi) is 4.70. The van der Waals surface area contributed by atoms with E-state index in [9.17, 15) is 5.11 Å². The lowest BCUT2D eigenvalue weighted by atomic mass is 9.65. The van der Waals surface area contributed by atoms with E-state index in [2.05, 4.69) is 19.1 Å². The minimum Gasteiger partial charge on any atom is -0.384 e. The lowest BCUT2D eigenvalue weighted by molar-refractivity contribution is -0.0836. The molecule has 2 rings (SSSR count). The maximum Gasteiger partial charge on any atom is 0.103 e. The second-order valence-corrected chi connectivity index (χ2v) is 7.52. The van der Waals surface area contributed by atoms with Crippen molar-refractivity contribution < 1.29 is 5.11 Å². The molecule has 2 nitrogen and oxygen atoms in total. The van der Waals surface area contributed by atoms with E-state index in [0.29, 0.717) is 6.54 Å². The van der Waals surface area contributed by atoms with Gasteiger partial charge in [0.15, 0.2) is 0 Å². The number of rotatable bonds is 3. The fourth-order valence-corrected chi connectivity index (χ4v) is 4.46. The van der Waals surface area contributed by atoms with Crippen LogP contribution in [-0.4, -0.2) is 11.7 Å². The molecule has 1 aromatic rings. The third kappa shape index (κ3) is 2.88. The van der Waals surface area contributed by atoms with Crippen LogP contribution in [0.1, 0.15) is 61.6 Å². The van der Waals surface area contributed by atoms with Gasteiger partial charge < -0.3 is 10.8 Å². The second-order valence-electron chi connectivity index (χ2n) is 6.23. The molecule has 1 aliphatic carbocycles. The summed E-state index contributed by atoms with van der Waals surface area (Å²) in [5, 5.41) is 11.2. The van der Waals surface area contributed by atoms with E-state index in [1.165, 1.54) is 37.0 Å². The predicted molar refractivity (Wildman–Crippen MR) is 82.4 cm³/mol. The minimum absolute atomic E-state index is 0.148. The Morgan fingerprint density at radius 2 is 1.79 bits per heavy atom. The Hall–Kier alpha value is -0.380. The van der Waals surface area contributed by atoms with Crippen LogP contribution in [0.15, 0.2) is 12.1 Å². The molecule has 1 atom stereocenters. The van der Waals surface area contributed by atoms with Crippen molar-refractivity contribution in [2.24, 2.45) is 11.1 Å². The summed E-state index contributed by atoms with van der Waals surface area (Å²) in [6, 6.07) is 4.18. The Bertz CT molecular complexity index is 403. The predicted octanol–water partition coefficient (Wildman–Crippen LogP) is 3.95. The second kappa shape index (κ2) is 5.94. The lowest BCUT2D eigenvalue weighted by Gasteiger charge is -2.45. The van der Waals surface area contributed by atoms with Gasteiger partial charge in [0, 0.05) is 21.7 Å². The molecule has 1 heterocycles. The molecule has 1 unspecified atom stereocenters. The number of thiophene rings is 1. The van der Waals surface area contributed by atoms with E-state index in [1.54, 1.807) is 11.3 Å². The highest BCUT2D eigenvalue weighted by Crippen LogP contribution is 2.49. The number of hydrogen-bond acceptors (Lipinski definition) is 3. The van der Waals surface area contributed by atoms with Crippen molar-refractivity contribution in [2.45, 2.75) is 64.4 Å². The first-order valence-corrected chi connectivity index (χ1v) is 8.33. The van der Waals surface area contributed by atoms with Crippen LogP contribution in [0.5, 0.6) is 0 Å². The lowest BCUT2D eigenvalue weighted by Crippen LogP contribution is -2.48. The Labute approximate surface area is 121 Å². The summed E-state index contributed by atoms with van der Waals surface area (Å²) in [5.74, 6) is 0. The molecular weight excluding hydrogens is 254 g/mol. The summed E-state index contributed by atoms with van der Waals surface area (Å²) in [6.07, 6.45) is 8.37. The summed E-state index contributed by atoms with van der Waals surface area (Å²) in [7, 11) is 0. The van der Waals surface area contributed by atoms with E-state index >= 15 is 0 Å². The van der Waals surface area contributed by atoms with Crippen LogP contribution in [0, 0.1) is 12.3 Å². The summed E-state index contributed by atoms with van der Waals surface area (Å²) < 4.78 is 0. The largest absolute Gasteiger partial charge is 0.384 e. The first-order valence-electron chi connectivity index (χ1n) is 7.51. The third-order valence-electron chi connectivity index (χ3n) is 4.95. The van der Waals surface area contributed by atoms with E-state index in [1.807, 2.05) is 6.92 Å². The summed E-state index contributed by atoms with van der Waals surface area (Å²) in [6.45, 7) is 4.65. The molecule has 0 radical (unpaired) electrons. The van der Waals surface area contributed by atoms with Gasteiger partial charge in [0.25, 0.3) is 0 Å². The van der Waals surface area contributed by atoms with Crippen LogP contribution in [0.3, 0.4) is 0 Å². The summed E-state index contributed by atoms with van der Waals surface area (Å²) >= 11 is 1.71. The van der Waals surface area contributed by atoms with Gasteiger partial charge >= 0.3 is 0 Å². The minimum atomic E-state index is -0.794. The number of aliphatic hydroxyl groups is 1. The van der Waals surface area contributed by atoms with Gasteiger partial charge in [0.1, 0.15) is 5.60 Å². The van der Waals surface area contributed by atoms with Crippen molar-refractivity contribution in [3.05, 3.63) is 21.9 Å². The zero-order valence-electron chi connectivity index (χ0n) is 12.2. The van der Waals surface area contributed by atoms with Gasteiger partial charge in [-0.05, 0) is 38.8 Å². The smallest absolute Gasteiger partial charge is 0.103 e. The maximum atomic E-state index is 11.2. The van der Waals surface area contributed by atoms with Gasteiger partial charge in [-0.1, -0.05) is 32.1 Å². The van der Waals surface area contributed by atoms with Crippen LogP contribution >= 0.6 is 11.3 Å². The molecule has 0 bridgehead atoms. The van der Waals surface area contributed by atoms with Gasteiger partial charge in [-0.25, -0.2) is 0 Å². The van der Waals surface area contributed by atoms with Gasteiger partial charge in [0.2, 0.25) is 0 Å². The molecule has 0 spiro atoms. The van der Waals surface area contributed by atoms with Crippen molar-refractivity contribution >= 4 is 11.3 Å². The van der Waals surface area contributed by atoms with Gasteiger partial charge in [-0.15, -0.1) is 11.3 Å². The number of aryl methyl sites for hydroxylation is 1. The Balaban J connectivity index is 2.31. The fraction of sp³-hybridized carbons (Fsp3) is 0.750. The maximum absolute atomic E-state index is 11.2. The molecule has 0 amide bonds. The normalized spacial score (nSPS) is 23.4.